The summed E-state index contributed by atoms with van der Waals surface area (Å²) >= 11 is 0. The van der Waals surface area contributed by atoms with E-state index in [0.29, 0.717) is 25.0 Å². The topological polar surface area (TPSA) is 127 Å². The number of carbonyl (C=O) groups excluding carboxylic acids is 1. The van der Waals surface area contributed by atoms with Gasteiger partial charge in [-0.1, -0.05) is 31.2 Å². The highest BCUT2D eigenvalue weighted by molar-refractivity contribution is 5.88. The zero-order valence-electron chi connectivity index (χ0n) is 18.2. The molecule has 1 amide bonds. The minimum Gasteiger partial charge on any atom is -0.371 e. The van der Waals surface area contributed by atoms with Crippen molar-refractivity contribution in [3.63, 3.8) is 0 Å². The minimum atomic E-state index is -0.393. The summed E-state index contributed by atoms with van der Waals surface area (Å²) in [6.45, 7) is 2.09. The maximum atomic E-state index is 11.2. The second-order valence-electron chi connectivity index (χ2n) is 7.07. The van der Waals surface area contributed by atoms with Crippen LogP contribution in [0.15, 0.2) is 24.3 Å². The maximum absolute atomic E-state index is 11.2. The summed E-state index contributed by atoms with van der Waals surface area (Å²) in [5, 5.41) is 28.1. The third kappa shape index (κ3) is 5.50. The Balaban J connectivity index is 2.07. The number of hydroxylamine groups is 1. The third-order valence-electron chi connectivity index (χ3n) is 5.29. The number of nitrogens with one attached hydrogen (secondary N) is 5. The van der Waals surface area contributed by atoms with Crippen molar-refractivity contribution < 1.29 is 10.0 Å². The van der Waals surface area contributed by atoms with Crippen molar-refractivity contribution in [2.45, 2.75) is 44.9 Å². The Labute approximate surface area is 177 Å². The van der Waals surface area contributed by atoms with Crippen LogP contribution in [0.5, 0.6) is 0 Å². The lowest BCUT2D eigenvalue weighted by Crippen LogP contribution is -2.18. The van der Waals surface area contributed by atoms with Crippen molar-refractivity contribution in [1.82, 2.24) is 15.4 Å². The highest BCUT2D eigenvalue weighted by Crippen LogP contribution is 2.28. The quantitative estimate of drug-likeness (QED) is 0.180. The Bertz CT molecular complexity index is 846. The first-order valence-electron chi connectivity index (χ1n) is 10.2. The number of anilines is 2. The van der Waals surface area contributed by atoms with Crippen LogP contribution in [0.2, 0.25) is 0 Å². The molecule has 30 heavy (non-hydrogen) atoms. The van der Waals surface area contributed by atoms with Crippen LogP contribution < -0.4 is 21.5 Å². The van der Waals surface area contributed by atoms with E-state index in [0.717, 1.165) is 34.7 Å². The Kier molecular flexibility index (Phi) is 8.67. The van der Waals surface area contributed by atoms with Gasteiger partial charge in [0.05, 0.1) is 0 Å². The molecule has 1 aromatic heterocycles. The molecule has 1 aromatic carbocycles. The van der Waals surface area contributed by atoms with Gasteiger partial charge in [0.15, 0.2) is 11.6 Å². The Morgan fingerprint density at radius 1 is 1.13 bits per heavy atom. The van der Waals surface area contributed by atoms with E-state index in [4.69, 9.17) is 10.6 Å². The van der Waals surface area contributed by atoms with Crippen LogP contribution in [0.3, 0.4) is 0 Å². The molecule has 6 N–H and O–H groups in total. The van der Waals surface area contributed by atoms with E-state index >= 15 is 0 Å². The van der Waals surface area contributed by atoms with E-state index in [-0.39, 0.29) is 12.3 Å². The fourth-order valence-electron chi connectivity index (χ4n) is 3.65. The fraction of sp³-hybridized carbons (Fsp3) is 0.476. The first-order valence-corrected chi connectivity index (χ1v) is 10.2. The average molecular weight is 416 g/mol. The minimum absolute atomic E-state index is 0.0511. The lowest BCUT2D eigenvalue weighted by molar-refractivity contribution is -0.129. The largest absolute Gasteiger partial charge is 0.371 e. The van der Waals surface area contributed by atoms with Crippen molar-refractivity contribution in [2.24, 2.45) is 0 Å². The van der Waals surface area contributed by atoms with E-state index in [1.165, 1.54) is 0 Å². The second kappa shape index (κ2) is 11.2. The van der Waals surface area contributed by atoms with Crippen molar-refractivity contribution in [2.75, 3.05) is 37.2 Å². The molecule has 2 rings (SSSR count). The molecule has 164 valence electrons. The number of hydrogen-bond acceptors (Lipinski definition) is 7. The van der Waals surface area contributed by atoms with Gasteiger partial charge in [-0.15, -0.1) is 5.10 Å². The third-order valence-corrected chi connectivity index (χ3v) is 5.29. The molecule has 9 heteroatoms. The Morgan fingerprint density at radius 2 is 1.83 bits per heavy atom. The summed E-state index contributed by atoms with van der Waals surface area (Å²) in [5.41, 5.74) is 8.54. The normalized spacial score (nSPS) is 11.6. The first-order chi connectivity index (χ1) is 14.5. The molecule has 9 nitrogen and oxygen atoms in total. The molecule has 1 atom stereocenters. The SMILES string of the molecule is CC[C@H](C(=N)CCc1c(NC)nn(NC)c1NC)c1ccc(CCC(=O)NO)cc1. The monoisotopic (exact) mass is 415 g/mol. The number of aryl methyl sites for hydroxylation is 1. The summed E-state index contributed by atoms with van der Waals surface area (Å²) in [7, 11) is 5.52. The predicted molar refractivity (Wildman–Crippen MR) is 120 cm³/mol. The summed E-state index contributed by atoms with van der Waals surface area (Å²) in [6.07, 6.45) is 2.99. The van der Waals surface area contributed by atoms with Gasteiger partial charge in [0.25, 0.3) is 0 Å². The lowest BCUT2D eigenvalue weighted by Gasteiger charge is -2.18. The molecule has 0 aliphatic heterocycles. The summed E-state index contributed by atoms with van der Waals surface area (Å²) in [5.74, 6) is 1.34. The van der Waals surface area contributed by atoms with Gasteiger partial charge >= 0.3 is 0 Å². The smallest absolute Gasteiger partial charge is 0.243 e. The second-order valence-corrected chi connectivity index (χ2v) is 7.07. The van der Waals surface area contributed by atoms with Crippen molar-refractivity contribution in [3.05, 3.63) is 41.0 Å². The van der Waals surface area contributed by atoms with Gasteiger partial charge in [0.1, 0.15) is 0 Å². The van der Waals surface area contributed by atoms with Crippen LogP contribution >= 0.6 is 0 Å². The summed E-state index contributed by atoms with van der Waals surface area (Å²) < 4.78 is 0. The van der Waals surface area contributed by atoms with Crippen LogP contribution in [0.25, 0.3) is 0 Å². The van der Waals surface area contributed by atoms with Crippen molar-refractivity contribution >= 4 is 23.3 Å². The molecule has 0 fully saturated rings. The molecule has 0 saturated heterocycles. The zero-order chi connectivity index (χ0) is 22.1. The van der Waals surface area contributed by atoms with E-state index in [9.17, 15) is 4.79 Å². The number of benzene rings is 1. The van der Waals surface area contributed by atoms with Crippen LogP contribution in [0.4, 0.5) is 11.6 Å². The molecule has 0 bridgehead atoms. The highest BCUT2D eigenvalue weighted by Gasteiger charge is 2.20. The maximum Gasteiger partial charge on any atom is 0.243 e. The van der Waals surface area contributed by atoms with Gasteiger partial charge in [-0.3, -0.25) is 10.0 Å². The summed E-state index contributed by atoms with van der Waals surface area (Å²) in [4.78, 5) is 12.9. The molecule has 0 unspecified atom stereocenters. The van der Waals surface area contributed by atoms with Gasteiger partial charge in [-0.25, -0.2) is 5.48 Å². The van der Waals surface area contributed by atoms with Gasteiger partial charge < -0.3 is 21.5 Å². The molecule has 2 aromatic rings. The van der Waals surface area contributed by atoms with Gasteiger partial charge in [0, 0.05) is 44.8 Å². The first kappa shape index (κ1) is 23.2. The molecule has 0 radical (unpaired) electrons. The van der Waals surface area contributed by atoms with E-state index in [1.807, 2.05) is 45.4 Å². The molecule has 0 saturated carbocycles. The highest BCUT2D eigenvalue weighted by atomic mass is 16.5. The number of hydrogen-bond donors (Lipinski definition) is 6. The average Bonchev–Trinajstić information content (AvgIpc) is 3.13. The molecule has 0 aliphatic rings. The van der Waals surface area contributed by atoms with Crippen LogP contribution in [0, 0.1) is 5.41 Å². The van der Waals surface area contributed by atoms with Gasteiger partial charge in [-0.2, -0.15) is 4.79 Å². The lowest BCUT2D eigenvalue weighted by atomic mass is 9.88. The zero-order valence-corrected chi connectivity index (χ0v) is 18.2. The number of nitrogens with zero attached hydrogens (tertiary/aromatic N) is 2. The van der Waals surface area contributed by atoms with Crippen LogP contribution in [-0.2, 0) is 17.6 Å². The molecule has 0 aliphatic carbocycles. The van der Waals surface area contributed by atoms with Gasteiger partial charge in [-0.05, 0) is 36.8 Å². The van der Waals surface area contributed by atoms with E-state index < -0.39 is 5.91 Å². The standard InChI is InChI=1S/C21H33N7O2/c1-5-16(15-9-6-14(7-10-15)8-13-19(29)27-30)18(22)12-11-17-20(23-2)26-28(25-4)21(17)24-3/h6-7,9-10,16,22,24-25,30H,5,8,11-13H2,1-4H3,(H,23,26)(H,27,29)/t16-/m0/s1. The van der Waals surface area contributed by atoms with Crippen molar-refractivity contribution in [1.29, 1.82) is 5.41 Å². The van der Waals surface area contributed by atoms with E-state index in [1.54, 1.807) is 10.3 Å². The van der Waals surface area contributed by atoms with Gasteiger partial charge in [0.2, 0.25) is 5.91 Å². The number of rotatable bonds is 12. The Hall–Kier alpha value is -3.07. The summed E-state index contributed by atoms with van der Waals surface area (Å²) in [6, 6.07) is 8.05. The molecular weight excluding hydrogens is 382 g/mol. The number of aromatic nitrogens is 2. The van der Waals surface area contributed by atoms with E-state index in [2.05, 4.69) is 28.1 Å². The number of amides is 1. The predicted octanol–water partition coefficient (Wildman–Crippen LogP) is 2.72. The fourth-order valence-corrected chi connectivity index (χ4v) is 3.65. The Morgan fingerprint density at radius 3 is 2.37 bits per heavy atom. The van der Waals surface area contributed by atoms with Crippen molar-refractivity contribution in [3.8, 4) is 0 Å². The molecule has 1 heterocycles. The molecular formula is C21H33N7O2. The van der Waals surface area contributed by atoms with Crippen LogP contribution in [0.1, 0.15) is 48.8 Å². The number of carbonyl (C=O) groups is 1. The van der Waals surface area contributed by atoms with Crippen LogP contribution in [-0.4, -0.2) is 47.9 Å². The molecule has 0 spiro atoms.